The third-order valence-electron chi connectivity index (χ3n) is 4.95. The smallest absolute Gasteiger partial charge is 0.348 e. The fourth-order valence-electron chi connectivity index (χ4n) is 3.32. The molecule has 1 aromatic heterocycles. The Morgan fingerprint density at radius 1 is 1.03 bits per heavy atom. The van der Waals surface area contributed by atoms with Gasteiger partial charge in [0.15, 0.2) is 0 Å². The van der Waals surface area contributed by atoms with Crippen LogP contribution in [0.5, 0.6) is 5.75 Å². The second kappa shape index (κ2) is 9.67. The van der Waals surface area contributed by atoms with Gasteiger partial charge in [-0.3, -0.25) is 0 Å². The number of hydrogen-bond acceptors (Lipinski definition) is 9. The molecule has 11 heteroatoms. The van der Waals surface area contributed by atoms with E-state index >= 15 is 0 Å². The maximum atomic E-state index is 12.8. The minimum atomic E-state index is -3.54. The molecule has 1 aliphatic heterocycles. The Bertz CT molecular complexity index is 1060. The number of nitrogen functional groups attached to an aromatic ring is 1. The van der Waals surface area contributed by atoms with Crippen molar-refractivity contribution in [2.24, 2.45) is 0 Å². The summed E-state index contributed by atoms with van der Waals surface area (Å²) in [5.41, 5.74) is 6.21. The van der Waals surface area contributed by atoms with Crippen LogP contribution in [0.15, 0.2) is 29.2 Å². The highest BCUT2D eigenvalue weighted by Crippen LogP contribution is 2.33. The first-order chi connectivity index (χ1) is 14.8. The van der Waals surface area contributed by atoms with Gasteiger partial charge in [0.1, 0.15) is 27.8 Å². The Hall–Kier alpha value is -2.63. The lowest BCUT2D eigenvalue weighted by Gasteiger charge is -2.25. The lowest BCUT2D eigenvalue weighted by Crippen LogP contribution is -2.35. The third-order valence-corrected chi connectivity index (χ3v) is 7.91. The van der Waals surface area contributed by atoms with Crippen molar-refractivity contribution in [1.29, 1.82) is 0 Å². The highest BCUT2D eigenvalue weighted by Gasteiger charge is 2.28. The molecule has 9 nitrogen and oxygen atoms in total. The summed E-state index contributed by atoms with van der Waals surface area (Å²) in [5, 5.41) is 0.119. The number of rotatable bonds is 7. The van der Waals surface area contributed by atoms with Crippen molar-refractivity contribution < 1.29 is 32.2 Å². The van der Waals surface area contributed by atoms with Crippen molar-refractivity contribution in [3.05, 3.63) is 40.3 Å². The zero-order chi connectivity index (χ0) is 22.6. The van der Waals surface area contributed by atoms with E-state index in [2.05, 4.69) is 0 Å². The lowest BCUT2D eigenvalue weighted by atomic mass is 10.1. The molecule has 0 radical (unpaired) electrons. The first-order valence-electron chi connectivity index (χ1n) is 9.60. The van der Waals surface area contributed by atoms with Crippen LogP contribution in [-0.2, 0) is 26.1 Å². The molecule has 2 heterocycles. The van der Waals surface area contributed by atoms with Crippen molar-refractivity contribution >= 4 is 38.3 Å². The van der Waals surface area contributed by atoms with Gasteiger partial charge in [0.25, 0.3) is 0 Å². The summed E-state index contributed by atoms with van der Waals surface area (Å²) in [4.78, 5) is 24.5. The number of carbonyl (C=O) groups excluding carboxylic acids is 2. The van der Waals surface area contributed by atoms with E-state index in [0.717, 1.165) is 30.6 Å². The first-order valence-corrected chi connectivity index (χ1v) is 11.9. The van der Waals surface area contributed by atoms with Gasteiger partial charge in [-0.25, -0.2) is 18.0 Å². The molecule has 2 N–H and O–H groups in total. The minimum Gasteiger partial charge on any atom is -0.489 e. The molecule has 0 unspecified atom stereocenters. The number of hydrogen-bond donors (Lipinski definition) is 1. The second-order valence-electron chi connectivity index (χ2n) is 6.86. The van der Waals surface area contributed by atoms with E-state index in [1.807, 2.05) is 0 Å². The first kappa shape index (κ1) is 23.0. The SMILES string of the molecule is COC(=O)c1sc(N)c(C(=O)OC)c1COc1ccc(S(=O)(=O)N2CCCCC2)cc1. The molecule has 3 rings (SSSR count). The monoisotopic (exact) mass is 468 g/mol. The molecule has 168 valence electrons. The van der Waals surface area contributed by atoms with Crippen LogP contribution in [0.25, 0.3) is 0 Å². The van der Waals surface area contributed by atoms with Gasteiger partial charge in [-0.1, -0.05) is 6.42 Å². The number of piperidine rings is 1. The van der Waals surface area contributed by atoms with Crippen LogP contribution in [0, 0.1) is 0 Å². The molecule has 0 saturated carbocycles. The Morgan fingerprint density at radius 3 is 2.23 bits per heavy atom. The molecular formula is C20H24N2O7S2. The molecular weight excluding hydrogens is 444 g/mol. The maximum Gasteiger partial charge on any atom is 0.348 e. The van der Waals surface area contributed by atoms with Gasteiger partial charge < -0.3 is 19.9 Å². The number of anilines is 1. The van der Waals surface area contributed by atoms with Crippen LogP contribution in [0.3, 0.4) is 0 Å². The molecule has 0 atom stereocenters. The molecule has 2 aromatic rings. The number of methoxy groups -OCH3 is 2. The van der Waals surface area contributed by atoms with E-state index in [-0.39, 0.29) is 32.5 Å². The number of esters is 2. The number of nitrogens with zero attached hydrogens (tertiary/aromatic N) is 1. The minimum absolute atomic E-state index is 0.0530. The van der Waals surface area contributed by atoms with Gasteiger partial charge in [0.2, 0.25) is 10.0 Å². The number of carbonyl (C=O) groups is 2. The topological polar surface area (TPSA) is 125 Å². The van der Waals surface area contributed by atoms with Gasteiger partial charge in [0, 0.05) is 18.7 Å². The predicted octanol–water partition coefficient (Wildman–Crippen LogP) is 2.66. The van der Waals surface area contributed by atoms with E-state index in [0.29, 0.717) is 18.8 Å². The third kappa shape index (κ3) is 4.83. The molecule has 1 aromatic carbocycles. The molecule has 31 heavy (non-hydrogen) atoms. The summed E-state index contributed by atoms with van der Waals surface area (Å²) in [5.74, 6) is -0.965. The Labute approximate surface area is 184 Å². The molecule has 0 bridgehead atoms. The van der Waals surface area contributed by atoms with Gasteiger partial charge in [-0.15, -0.1) is 11.3 Å². The molecule has 0 amide bonds. The van der Waals surface area contributed by atoms with E-state index in [1.54, 1.807) is 0 Å². The standard InChI is InChI=1S/C20H24N2O7S2/c1-27-19(23)16-15(17(20(24)28-2)30-18(16)21)12-29-13-6-8-14(9-7-13)31(25,26)22-10-4-3-5-11-22/h6-9H,3-5,10-12,21H2,1-2H3. The fraction of sp³-hybridized carbons (Fsp3) is 0.400. The van der Waals surface area contributed by atoms with Gasteiger partial charge in [-0.2, -0.15) is 4.31 Å². The maximum absolute atomic E-state index is 12.8. The quantitative estimate of drug-likeness (QED) is 0.615. The molecule has 1 aliphatic rings. The summed E-state index contributed by atoms with van der Waals surface area (Å²) in [6, 6.07) is 6.01. The Morgan fingerprint density at radius 2 is 1.65 bits per heavy atom. The van der Waals surface area contributed by atoms with E-state index in [1.165, 1.54) is 42.8 Å². The number of nitrogens with two attached hydrogens (primary N) is 1. The van der Waals surface area contributed by atoms with Crippen molar-refractivity contribution in [1.82, 2.24) is 4.31 Å². The average Bonchev–Trinajstić information content (AvgIpc) is 3.13. The van der Waals surface area contributed by atoms with Gasteiger partial charge >= 0.3 is 11.9 Å². The normalized spacial score (nSPS) is 14.8. The zero-order valence-corrected chi connectivity index (χ0v) is 18.9. The van der Waals surface area contributed by atoms with Gasteiger partial charge in [0.05, 0.1) is 19.1 Å². The Balaban J connectivity index is 1.80. The summed E-state index contributed by atoms with van der Waals surface area (Å²) in [6.45, 7) is 0.889. The van der Waals surface area contributed by atoms with E-state index < -0.39 is 22.0 Å². The highest BCUT2D eigenvalue weighted by atomic mass is 32.2. The van der Waals surface area contributed by atoms with Crippen LogP contribution >= 0.6 is 11.3 Å². The second-order valence-corrected chi connectivity index (χ2v) is 9.85. The van der Waals surface area contributed by atoms with Crippen LogP contribution in [0.4, 0.5) is 5.00 Å². The lowest BCUT2D eigenvalue weighted by molar-refractivity contribution is 0.0599. The van der Waals surface area contributed by atoms with Crippen molar-refractivity contribution in [3.8, 4) is 5.75 Å². The van der Waals surface area contributed by atoms with Crippen molar-refractivity contribution in [2.75, 3.05) is 33.0 Å². The van der Waals surface area contributed by atoms with Gasteiger partial charge in [-0.05, 0) is 37.1 Å². The summed E-state index contributed by atoms with van der Waals surface area (Å²) in [6.07, 6.45) is 2.75. The largest absolute Gasteiger partial charge is 0.489 e. The van der Waals surface area contributed by atoms with Crippen LogP contribution in [0.2, 0.25) is 0 Å². The fourth-order valence-corrected chi connectivity index (χ4v) is 5.82. The molecule has 1 saturated heterocycles. The predicted molar refractivity (Wildman–Crippen MR) is 115 cm³/mol. The van der Waals surface area contributed by atoms with Crippen molar-refractivity contribution in [3.63, 3.8) is 0 Å². The van der Waals surface area contributed by atoms with Crippen LogP contribution < -0.4 is 10.5 Å². The van der Waals surface area contributed by atoms with E-state index in [4.69, 9.17) is 19.9 Å². The number of benzene rings is 1. The summed E-state index contributed by atoms with van der Waals surface area (Å²) in [7, 11) is -1.11. The summed E-state index contributed by atoms with van der Waals surface area (Å²) >= 11 is 0.912. The van der Waals surface area contributed by atoms with Crippen molar-refractivity contribution in [2.45, 2.75) is 30.8 Å². The number of thiophene rings is 1. The highest BCUT2D eigenvalue weighted by molar-refractivity contribution is 7.89. The zero-order valence-electron chi connectivity index (χ0n) is 17.3. The number of sulfonamides is 1. The average molecular weight is 469 g/mol. The molecule has 0 aliphatic carbocycles. The van der Waals surface area contributed by atoms with Crippen LogP contribution in [-0.4, -0.2) is 52.0 Å². The number of ether oxygens (including phenoxy) is 3. The Kier molecular flexibility index (Phi) is 7.19. The summed E-state index contributed by atoms with van der Waals surface area (Å²) < 4.78 is 42.2. The molecule has 0 spiro atoms. The van der Waals surface area contributed by atoms with Crippen LogP contribution in [0.1, 0.15) is 44.9 Å². The molecule has 1 fully saturated rings. The van der Waals surface area contributed by atoms with E-state index in [9.17, 15) is 18.0 Å².